The summed E-state index contributed by atoms with van der Waals surface area (Å²) in [5.41, 5.74) is 1.97. The molecule has 0 aliphatic rings. The lowest BCUT2D eigenvalue weighted by Gasteiger charge is -2.10. The van der Waals surface area contributed by atoms with Crippen LogP contribution in [0.15, 0.2) is 27.1 Å². The summed E-state index contributed by atoms with van der Waals surface area (Å²) < 4.78 is 9.61. The number of aryl methyl sites for hydroxylation is 2. The Morgan fingerprint density at radius 1 is 1.37 bits per heavy atom. The van der Waals surface area contributed by atoms with Gasteiger partial charge in [0.05, 0.1) is 20.9 Å². The summed E-state index contributed by atoms with van der Waals surface area (Å²) >= 11 is 13.0. The summed E-state index contributed by atoms with van der Waals surface area (Å²) in [6.07, 6.45) is 0. The SMILES string of the molecule is CCn1nc(C)c(Br)c1COc1ccc(Br)cc1Cl. The molecular formula is C13H13Br2ClN2O. The van der Waals surface area contributed by atoms with Gasteiger partial charge in [0.2, 0.25) is 0 Å². The molecule has 2 aromatic rings. The first-order valence-electron chi connectivity index (χ1n) is 5.82. The van der Waals surface area contributed by atoms with Crippen LogP contribution in [0, 0.1) is 6.92 Å². The second kappa shape index (κ2) is 6.29. The van der Waals surface area contributed by atoms with Crippen LogP contribution in [-0.2, 0) is 13.2 Å². The minimum atomic E-state index is 0.427. The maximum absolute atomic E-state index is 6.13. The summed E-state index contributed by atoms with van der Waals surface area (Å²) in [6, 6.07) is 5.56. The standard InChI is InChI=1S/C13H13Br2ClN2O/c1-3-18-11(13(15)8(2)17-18)7-19-12-5-4-9(14)6-10(12)16/h4-6H,3,7H2,1-2H3. The highest BCUT2D eigenvalue weighted by Gasteiger charge is 2.13. The average molecular weight is 409 g/mol. The fourth-order valence-corrected chi connectivity index (χ4v) is 2.87. The maximum atomic E-state index is 6.13. The Morgan fingerprint density at radius 3 is 2.74 bits per heavy atom. The molecule has 0 spiro atoms. The van der Waals surface area contributed by atoms with Gasteiger partial charge in [0.25, 0.3) is 0 Å². The van der Waals surface area contributed by atoms with E-state index in [2.05, 4.69) is 43.9 Å². The van der Waals surface area contributed by atoms with Crippen molar-refractivity contribution in [3.8, 4) is 5.75 Å². The first kappa shape index (κ1) is 14.9. The van der Waals surface area contributed by atoms with E-state index in [1.54, 1.807) is 0 Å². The van der Waals surface area contributed by atoms with Gasteiger partial charge in [-0.25, -0.2) is 0 Å². The van der Waals surface area contributed by atoms with Crippen LogP contribution in [0.4, 0.5) is 0 Å². The molecule has 19 heavy (non-hydrogen) atoms. The topological polar surface area (TPSA) is 27.1 Å². The monoisotopic (exact) mass is 406 g/mol. The van der Waals surface area contributed by atoms with Crippen molar-refractivity contribution >= 4 is 43.5 Å². The quantitative estimate of drug-likeness (QED) is 0.714. The molecule has 0 amide bonds. The zero-order valence-corrected chi connectivity index (χ0v) is 14.5. The Balaban J connectivity index is 2.18. The van der Waals surface area contributed by atoms with Crippen molar-refractivity contribution in [1.29, 1.82) is 0 Å². The maximum Gasteiger partial charge on any atom is 0.138 e. The molecule has 102 valence electrons. The predicted octanol–water partition coefficient (Wildman–Crippen LogP) is 4.97. The zero-order valence-electron chi connectivity index (χ0n) is 10.6. The van der Waals surface area contributed by atoms with E-state index < -0.39 is 0 Å². The largest absolute Gasteiger partial charge is 0.486 e. The average Bonchev–Trinajstić information content (AvgIpc) is 2.65. The molecule has 0 aliphatic carbocycles. The molecule has 0 saturated heterocycles. The van der Waals surface area contributed by atoms with Gasteiger partial charge in [-0.3, -0.25) is 4.68 Å². The summed E-state index contributed by atoms with van der Waals surface area (Å²) in [5, 5.41) is 5.01. The van der Waals surface area contributed by atoms with Gasteiger partial charge in [0.1, 0.15) is 12.4 Å². The number of hydrogen-bond acceptors (Lipinski definition) is 2. The molecule has 0 saturated carbocycles. The Morgan fingerprint density at radius 2 is 2.11 bits per heavy atom. The van der Waals surface area contributed by atoms with Crippen molar-refractivity contribution < 1.29 is 4.74 Å². The zero-order chi connectivity index (χ0) is 14.0. The van der Waals surface area contributed by atoms with Crippen LogP contribution < -0.4 is 4.74 Å². The van der Waals surface area contributed by atoms with Crippen molar-refractivity contribution in [2.24, 2.45) is 0 Å². The second-order valence-corrected chi connectivity index (χ2v) is 6.14. The van der Waals surface area contributed by atoms with Gasteiger partial charge in [-0.1, -0.05) is 27.5 Å². The highest BCUT2D eigenvalue weighted by Crippen LogP contribution is 2.29. The molecule has 1 aromatic heterocycles. The molecule has 0 unspecified atom stereocenters. The Kier molecular flexibility index (Phi) is 4.92. The van der Waals surface area contributed by atoms with Crippen molar-refractivity contribution in [2.75, 3.05) is 0 Å². The summed E-state index contributed by atoms with van der Waals surface area (Å²) in [7, 11) is 0. The highest BCUT2D eigenvalue weighted by molar-refractivity contribution is 9.10. The Labute approximate surface area is 134 Å². The molecule has 0 fully saturated rings. The summed E-state index contributed by atoms with van der Waals surface area (Å²) in [4.78, 5) is 0. The minimum Gasteiger partial charge on any atom is -0.486 e. The third-order valence-electron chi connectivity index (χ3n) is 2.71. The van der Waals surface area contributed by atoms with Gasteiger partial charge >= 0.3 is 0 Å². The molecule has 0 N–H and O–H groups in total. The van der Waals surface area contributed by atoms with E-state index in [1.165, 1.54) is 0 Å². The van der Waals surface area contributed by atoms with Crippen LogP contribution in [-0.4, -0.2) is 9.78 Å². The van der Waals surface area contributed by atoms with Gasteiger partial charge < -0.3 is 4.74 Å². The Bertz CT molecular complexity index is 599. The van der Waals surface area contributed by atoms with Gasteiger partial charge in [-0.2, -0.15) is 5.10 Å². The smallest absolute Gasteiger partial charge is 0.138 e. The summed E-state index contributed by atoms with van der Waals surface area (Å²) in [6.45, 7) is 5.25. The van der Waals surface area contributed by atoms with Crippen molar-refractivity contribution in [3.05, 3.63) is 43.6 Å². The van der Waals surface area contributed by atoms with Crippen LogP contribution in [0.2, 0.25) is 5.02 Å². The van der Waals surface area contributed by atoms with E-state index in [9.17, 15) is 0 Å². The molecule has 0 bridgehead atoms. The number of ether oxygens (including phenoxy) is 1. The number of rotatable bonds is 4. The molecule has 0 atom stereocenters. The van der Waals surface area contributed by atoms with Crippen LogP contribution in [0.5, 0.6) is 5.75 Å². The first-order chi connectivity index (χ1) is 9.02. The molecule has 6 heteroatoms. The van der Waals surface area contributed by atoms with Gasteiger partial charge in [0.15, 0.2) is 0 Å². The lowest BCUT2D eigenvalue weighted by atomic mass is 10.3. The van der Waals surface area contributed by atoms with Gasteiger partial charge in [0, 0.05) is 11.0 Å². The minimum absolute atomic E-state index is 0.427. The lowest BCUT2D eigenvalue weighted by molar-refractivity contribution is 0.292. The van der Waals surface area contributed by atoms with Crippen molar-refractivity contribution in [1.82, 2.24) is 9.78 Å². The van der Waals surface area contributed by atoms with Crippen LogP contribution in [0.1, 0.15) is 18.3 Å². The van der Waals surface area contributed by atoms with E-state index in [0.29, 0.717) is 17.4 Å². The van der Waals surface area contributed by atoms with Crippen molar-refractivity contribution in [2.45, 2.75) is 27.0 Å². The van der Waals surface area contributed by atoms with Gasteiger partial charge in [-0.05, 0) is 48.0 Å². The molecule has 1 aromatic carbocycles. The number of hydrogen-bond donors (Lipinski definition) is 0. The van der Waals surface area contributed by atoms with Crippen LogP contribution in [0.25, 0.3) is 0 Å². The Hall–Kier alpha value is -0.520. The molecule has 0 radical (unpaired) electrons. The van der Waals surface area contributed by atoms with E-state index in [4.69, 9.17) is 16.3 Å². The van der Waals surface area contributed by atoms with Crippen molar-refractivity contribution in [3.63, 3.8) is 0 Å². The summed E-state index contributed by atoms with van der Waals surface area (Å²) in [5.74, 6) is 0.665. The first-order valence-corrected chi connectivity index (χ1v) is 7.79. The van der Waals surface area contributed by atoms with Crippen LogP contribution in [0.3, 0.4) is 0 Å². The van der Waals surface area contributed by atoms with Crippen LogP contribution >= 0.6 is 43.5 Å². The fourth-order valence-electron chi connectivity index (χ4n) is 1.75. The normalized spacial score (nSPS) is 10.8. The molecule has 2 rings (SSSR count). The number of aromatic nitrogens is 2. The number of benzene rings is 1. The molecular weight excluding hydrogens is 395 g/mol. The van der Waals surface area contributed by atoms with E-state index in [1.807, 2.05) is 29.8 Å². The number of nitrogens with zero attached hydrogens (tertiary/aromatic N) is 2. The number of halogens is 3. The highest BCUT2D eigenvalue weighted by atomic mass is 79.9. The van der Waals surface area contributed by atoms with E-state index in [-0.39, 0.29) is 0 Å². The molecule has 0 aliphatic heterocycles. The predicted molar refractivity (Wildman–Crippen MR) is 83.8 cm³/mol. The van der Waals surface area contributed by atoms with Gasteiger partial charge in [-0.15, -0.1) is 0 Å². The van der Waals surface area contributed by atoms with E-state index in [0.717, 1.165) is 26.9 Å². The third kappa shape index (κ3) is 3.33. The molecule has 3 nitrogen and oxygen atoms in total. The second-order valence-electron chi connectivity index (χ2n) is 4.03. The lowest BCUT2D eigenvalue weighted by Crippen LogP contribution is -2.06. The molecule has 1 heterocycles. The third-order valence-corrected chi connectivity index (χ3v) is 4.53. The van der Waals surface area contributed by atoms with E-state index >= 15 is 0 Å². The fraction of sp³-hybridized carbons (Fsp3) is 0.308.